The Balaban J connectivity index is 0. The third-order valence-electron chi connectivity index (χ3n) is 2.97. The standard InChI is InChI=1S/2C5H11NO.2ClH/c2*1-4-5(7)2-3-6-4;;/h2*4-7H,2-3H2,1H3;2*1H/t2*4-,5+;;/m10../s1. The number of aliphatic hydroxyl groups excluding tert-OH is 2. The first-order valence-corrected chi connectivity index (χ1v) is 5.44. The first-order chi connectivity index (χ1) is 6.61. The number of nitrogens with one attached hydrogen (secondary N) is 2. The topological polar surface area (TPSA) is 64.5 Å². The van der Waals surface area contributed by atoms with Gasteiger partial charge in [-0.1, -0.05) is 0 Å². The van der Waals surface area contributed by atoms with Crippen LogP contribution in [0, 0.1) is 0 Å². The molecule has 2 saturated heterocycles. The fourth-order valence-electron chi connectivity index (χ4n) is 1.69. The quantitative estimate of drug-likeness (QED) is 0.513. The molecule has 4 atom stereocenters. The summed E-state index contributed by atoms with van der Waals surface area (Å²) in [5.74, 6) is 0. The maximum absolute atomic E-state index is 8.94. The van der Waals surface area contributed by atoms with Gasteiger partial charge in [0.1, 0.15) is 0 Å². The summed E-state index contributed by atoms with van der Waals surface area (Å²) in [4.78, 5) is 0. The molecule has 0 radical (unpaired) electrons. The molecular weight excluding hydrogens is 251 g/mol. The van der Waals surface area contributed by atoms with Crippen LogP contribution in [0.1, 0.15) is 26.7 Å². The summed E-state index contributed by atoms with van der Waals surface area (Å²) in [7, 11) is 0. The molecule has 2 fully saturated rings. The Morgan fingerprint density at radius 1 is 0.812 bits per heavy atom. The molecule has 0 saturated carbocycles. The van der Waals surface area contributed by atoms with Gasteiger partial charge in [0.25, 0.3) is 0 Å². The van der Waals surface area contributed by atoms with Crippen molar-refractivity contribution in [3.05, 3.63) is 0 Å². The molecule has 0 bridgehead atoms. The van der Waals surface area contributed by atoms with E-state index in [9.17, 15) is 0 Å². The van der Waals surface area contributed by atoms with Crippen LogP contribution in [-0.4, -0.2) is 47.6 Å². The van der Waals surface area contributed by atoms with Gasteiger partial charge in [-0.2, -0.15) is 0 Å². The van der Waals surface area contributed by atoms with E-state index in [0.717, 1.165) is 25.9 Å². The van der Waals surface area contributed by atoms with Crippen molar-refractivity contribution >= 4 is 24.8 Å². The second-order valence-corrected chi connectivity index (χ2v) is 4.20. The van der Waals surface area contributed by atoms with Gasteiger partial charge >= 0.3 is 0 Å². The third kappa shape index (κ3) is 6.23. The molecule has 0 aromatic carbocycles. The monoisotopic (exact) mass is 274 g/mol. The van der Waals surface area contributed by atoms with E-state index in [4.69, 9.17) is 10.2 Å². The van der Waals surface area contributed by atoms with Crippen LogP contribution in [0.3, 0.4) is 0 Å². The highest BCUT2D eigenvalue weighted by Gasteiger charge is 2.19. The van der Waals surface area contributed by atoms with Crippen molar-refractivity contribution in [2.75, 3.05) is 13.1 Å². The predicted molar refractivity (Wildman–Crippen MR) is 70.7 cm³/mol. The van der Waals surface area contributed by atoms with Crippen LogP contribution in [0.2, 0.25) is 0 Å². The Bertz CT molecular complexity index is 141. The molecule has 4 nitrogen and oxygen atoms in total. The van der Waals surface area contributed by atoms with Gasteiger partial charge in [0.2, 0.25) is 0 Å². The predicted octanol–water partition coefficient (Wildman–Crippen LogP) is 0.302. The van der Waals surface area contributed by atoms with E-state index in [0.29, 0.717) is 12.1 Å². The second kappa shape index (κ2) is 9.45. The summed E-state index contributed by atoms with van der Waals surface area (Å²) in [6, 6.07) is 0.639. The molecular formula is C10H24Cl2N2O2. The van der Waals surface area contributed by atoms with E-state index in [2.05, 4.69) is 10.6 Å². The fourth-order valence-corrected chi connectivity index (χ4v) is 1.69. The molecule has 0 spiro atoms. The molecule has 0 unspecified atom stereocenters. The van der Waals surface area contributed by atoms with Crippen LogP contribution in [0.4, 0.5) is 0 Å². The molecule has 4 N–H and O–H groups in total. The van der Waals surface area contributed by atoms with Gasteiger partial charge in [-0.25, -0.2) is 0 Å². The average molecular weight is 275 g/mol. The van der Waals surface area contributed by atoms with Gasteiger partial charge in [0.05, 0.1) is 12.2 Å². The van der Waals surface area contributed by atoms with Crippen LogP contribution in [0.5, 0.6) is 0 Å². The van der Waals surface area contributed by atoms with Crippen molar-refractivity contribution in [1.82, 2.24) is 10.6 Å². The van der Waals surface area contributed by atoms with Crippen LogP contribution in [0.25, 0.3) is 0 Å². The lowest BCUT2D eigenvalue weighted by atomic mass is 10.2. The minimum Gasteiger partial charge on any atom is -0.391 e. The number of rotatable bonds is 0. The molecule has 0 amide bonds. The zero-order chi connectivity index (χ0) is 10.6. The molecule has 0 aliphatic carbocycles. The van der Waals surface area contributed by atoms with E-state index in [1.54, 1.807) is 0 Å². The molecule has 2 aliphatic heterocycles. The summed E-state index contributed by atoms with van der Waals surface area (Å²) in [6.07, 6.45) is 1.64. The number of hydrogen-bond donors (Lipinski definition) is 4. The molecule has 2 rings (SSSR count). The molecule has 100 valence electrons. The summed E-state index contributed by atoms with van der Waals surface area (Å²) >= 11 is 0. The highest BCUT2D eigenvalue weighted by molar-refractivity contribution is 5.85. The van der Waals surface area contributed by atoms with Crippen molar-refractivity contribution in [1.29, 1.82) is 0 Å². The zero-order valence-corrected chi connectivity index (χ0v) is 11.5. The number of hydrogen-bond acceptors (Lipinski definition) is 4. The third-order valence-corrected chi connectivity index (χ3v) is 2.97. The minimum absolute atomic E-state index is 0. The minimum atomic E-state index is -0.0972. The number of halogens is 2. The van der Waals surface area contributed by atoms with Gasteiger partial charge in [-0.05, 0) is 39.8 Å². The van der Waals surface area contributed by atoms with Gasteiger partial charge in [0, 0.05) is 12.1 Å². The molecule has 16 heavy (non-hydrogen) atoms. The maximum atomic E-state index is 8.94. The highest BCUT2D eigenvalue weighted by atomic mass is 35.5. The van der Waals surface area contributed by atoms with E-state index >= 15 is 0 Å². The second-order valence-electron chi connectivity index (χ2n) is 4.20. The summed E-state index contributed by atoms with van der Waals surface area (Å²) in [5, 5.41) is 24.1. The van der Waals surface area contributed by atoms with Gasteiger partial charge in [-0.3, -0.25) is 0 Å². The van der Waals surface area contributed by atoms with Crippen LogP contribution >= 0.6 is 24.8 Å². The Hall–Kier alpha value is 0.420. The normalized spacial score (nSPS) is 36.8. The summed E-state index contributed by atoms with van der Waals surface area (Å²) in [6.45, 7) is 5.94. The first kappa shape index (κ1) is 18.8. The lowest BCUT2D eigenvalue weighted by Gasteiger charge is -2.04. The fraction of sp³-hybridized carbons (Fsp3) is 1.00. The smallest absolute Gasteiger partial charge is 0.0702 e. The Morgan fingerprint density at radius 2 is 1.12 bits per heavy atom. The van der Waals surface area contributed by atoms with Crippen molar-refractivity contribution in [2.45, 2.75) is 51.0 Å². The first-order valence-electron chi connectivity index (χ1n) is 5.44. The highest BCUT2D eigenvalue weighted by Crippen LogP contribution is 2.04. The van der Waals surface area contributed by atoms with Crippen molar-refractivity contribution < 1.29 is 10.2 Å². The largest absolute Gasteiger partial charge is 0.391 e. The summed E-state index contributed by atoms with van der Waals surface area (Å²) < 4.78 is 0. The van der Waals surface area contributed by atoms with Gasteiger partial charge in [0.15, 0.2) is 0 Å². The van der Waals surface area contributed by atoms with Crippen molar-refractivity contribution in [2.24, 2.45) is 0 Å². The van der Waals surface area contributed by atoms with E-state index in [1.807, 2.05) is 13.8 Å². The lowest BCUT2D eigenvalue weighted by Crippen LogP contribution is -2.25. The van der Waals surface area contributed by atoms with Gasteiger partial charge in [-0.15, -0.1) is 24.8 Å². The molecule has 0 aromatic heterocycles. The molecule has 2 aliphatic rings. The maximum Gasteiger partial charge on any atom is 0.0702 e. The molecule has 6 heteroatoms. The van der Waals surface area contributed by atoms with Crippen molar-refractivity contribution in [3.8, 4) is 0 Å². The van der Waals surface area contributed by atoms with Crippen molar-refractivity contribution in [3.63, 3.8) is 0 Å². The van der Waals surface area contributed by atoms with Crippen LogP contribution < -0.4 is 10.6 Å². The zero-order valence-electron chi connectivity index (χ0n) is 9.85. The average Bonchev–Trinajstić information content (AvgIpc) is 2.67. The molecule has 2 heterocycles. The SMILES string of the molecule is C[C@@H]1NCC[C@H]1O.C[C@H]1NCC[C@@H]1O.Cl.Cl. The van der Waals surface area contributed by atoms with Crippen LogP contribution in [0.15, 0.2) is 0 Å². The van der Waals surface area contributed by atoms with E-state index in [1.165, 1.54) is 0 Å². The Morgan fingerprint density at radius 3 is 1.19 bits per heavy atom. The lowest BCUT2D eigenvalue weighted by molar-refractivity contribution is 0.166. The number of aliphatic hydroxyl groups is 2. The van der Waals surface area contributed by atoms with E-state index in [-0.39, 0.29) is 37.0 Å². The van der Waals surface area contributed by atoms with Crippen LogP contribution in [-0.2, 0) is 0 Å². The van der Waals surface area contributed by atoms with Gasteiger partial charge < -0.3 is 20.8 Å². The summed E-state index contributed by atoms with van der Waals surface area (Å²) in [5.41, 5.74) is 0. The van der Waals surface area contributed by atoms with E-state index < -0.39 is 0 Å². The molecule has 0 aromatic rings. The Kier molecular flexibility index (Phi) is 11.1. The Labute approximate surface area is 110 Å².